The van der Waals surface area contributed by atoms with Gasteiger partial charge in [-0.3, -0.25) is 4.79 Å². The fourth-order valence-electron chi connectivity index (χ4n) is 2.21. The number of rotatable bonds is 3. The highest BCUT2D eigenvalue weighted by atomic mass is 16.1. The average molecular weight is 228 g/mol. The predicted molar refractivity (Wildman–Crippen MR) is 61.2 cm³/mol. The van der Waals surface area contributed by atoms with Gasteiger partial charge in [0.1, 0.15) is 5.78 Å². The Hall–Kier alpha value is -2.04. The molecule has 1 aromatic heterocycles. The van der Waals surface area contributed by atoms with E-state index in [4.69, 9.17) is 0 Å². The van der Waals surface area contributed by atoms with E-state index in [9.17, 15) is 4.79 Å². The number of benzene rings is 1. The lowest BCUT2D eigenvalue weighted by molar-refractivity contribution is -0.119. The van der Waals surface area contributed by atoms with Crippen LogP contribution in [0.15, 0.2) is 24.3 Å². The zero-order chi connectivity index (χ0) is 11.9. The molecule has 3 rings (SSSR count). The van der Waals surface area contributed by atoms with Gasteiger partial charge in [-0.2, -0.15) is 5.21 Å². The van der Waals surface area contributed by atoms with Gasteiger partial charge in [0, 0.05) is 5.56 Å². The fraction of sp³-hybridized carbons (Fsp3) is 0.333. The van der Waals surface area contributed by atoms with Crippen molar-refractivity contribution in [3.8, 4) is 11.4 Å². The molecule has 1 aliphatic carbocycles. The summed E-state index contributed by atoms with van der Waals surface area (Å²) in [7, 11) is 0. The van der Waals surface area contributed by atoms with Gasteiger partial charge in [0.2, 0.25) is 5.82 Å². The first-order valence-corrected chi connectivity index (χ1v) is 5.58. The Kier molecular flexibility index (Phi) is 2.07. The third kappa shape index (κ3) is 1.54. The highest BCUT2D eigenvalue weighted by Crippen LogP contribution is 2.49. The number of Topliss-reactive ketones (excluding diaryl/α,β-unsaturated/α-hetero) is 1. The number of carbonyl (C=O) groups is 1. The number of ketones is 1. The van der Waals surface area contributed by atoms with E-state index in [0.29, 0.717) is 5.82 Å². The van der Waals surface area contributed by atoms with Crippen LogP contribution in [0.2, 0.25) is 0 Å². The van der Waals surface area contributed by atoms with Crippen molar-refractivity contribution in [1.29, 1.82) is 0 Å². The Labute approximate surface area is 98.2 Å². The van der Waals surface area contributed by atoms with Crippen LogP contribution >= 0.6 is 0 Å². The minimum Gasteiger partial charge on any atom is -0.299 e. The van der Waals surface area contributed by atoms with Gasteiger partial charge < -0.3 is 0 Å². The molecule has 0 radical (unpaired) electrons. The molecule has 0 aliphatic heterocycles. The van der Waals surface area contributed by atoms with Crippen molar-refractivity contribution in [2.24, 2.45) is 0 Å². The molecule has 1 saturated carbocycles. The van der Waals surface area contributed by atoms with Crippen LogP contribution in [0, 0.1) is 0 Å². The molecule has 0 spiro atoms. The number of nitrogens with zero attached hydrogens (tertiary/aromatic N) is 3. The smallest absolute Gasteiger partial charge is 0.204 e. The van der Waals surface area contributed by atoms with Gasteiger partial charge in [0.05, 0.1) is 5.41 Å². The molecule has 86 valence electrons. The Balaban J connectivity index is 2.04. The molecule has 0 unspecified atom stereocenters. The molecule has 1 aromatic carbocycles. The van der Waals surface area contributed by atoms with Gasteiger partial charge in [0.25, 0.3) is 0 Å². The minimum absolute atomic E-state index is 0.239. The topological polar surface area (TPSA) is 71.5 Å². The van der Waals surface area contributed by atoms with E-state index < -0.39 is 0 Å². The Morgan fingerprint density at radius 2 is 2.24 bits per heavy atom. The van der Waals surface area contributed by atoms with Gasteiger partial charge in [-0.05, 0) is 36.6 Å². The molecule has 5 heteroatoms. The van der Waals surface area contributed by atoms with E-state index in [-0.39, 0.29) is 11.2 Å². The van der Waals surface area contributed by atoms with E-state index in [1.165, 1.54) is 0 Å². The summed E-state index contributed by atoms with van der Waals surface area (Å²) < 4.78 is 0. The zero-order valence-corrected chi connectivity index (χ0v) is 9.47. The van der Waals surface area contributed by atoms with Crippen molar-refractivity contribution < 1.29 is 4.79 Å². The lowest BCUT2D eigenvalue weighted by Crippen LogP contribution is -2.16. The molecule has 5 nitrogen and oxygen atoms in total. The summed E-state index contributed by atoms with van der Waals surface area (Å²) in [4.78, 5) is 11.7. The van der Waals surface area contributed by atoms with Gasteiger partial charge in [0.15, 0.2) is 0 Å². The van der Waals surface area contributed by atoms with Crippen molar-refractivity contribution in [1.82, 2.24) is 20.6 Å². The Bertz CT molecular complexity index is 558. The van der Waals surface area contributed by atoms with Crippen molar-refractivity contribution in [3.05, 3.63) is 29.8 Å². The summed E-state index contributed by atoms with van der Waals surface area (Å²) in [5, 5.41) is 13.9. The molecule has 1 heterocycles. The quantitative estimate of drug-likeness (QED) is 0.863. The van der Waals surface area contributed by atoms with E-state index >= 15 is 0 Å². The van der Waals surface area contributed by atoms with E-state index in [1.54, 1.807) is 6.92 Å². The lowest BCUT2D eigenvalue weighted by Gasteiger charge is -2.12. The van der Waals surface area contributed by atoms with Crippen LogP contribution in [0.5, 0.6) is 0 Å². The average Bonchev–Trinajstić information content (AvgIpc) is 2.98. The van der Waals surface area contributed by atoms with Crippen molar-refractivity contribution in [2.75, 3.05) is 0 Å². The van der Waals surface area contributed by atoms with Crippen LogP contribution in [0.1, 0.15) is 25.3 Å². The maximum absolute atomic E-state index is 11.7. The number of nitrogens with one attached hydrogen (secondary N) is 1. The number of hydrogen-bond acceptors (Lipinski definition) is 4. The van der Waals surface area contributed by atoms with Crippen LogP contribution < -0.4 is 0 Å². The molecule has 1 N–H and O–H groups in total. The first kappa shape index (κ1) is 10.1. The molecule has 17 heavy (non-hydrogen) atoms. The predicted octanol–water partition coefficient (Wildman–Crippen LogP) is 1.49. The van der Waals surface area contributed by atoms with Crippen LogP contribution in [-0.4, -0.2) is 26.4 Å². The first-order chi connectivity index (χ1) is 8.22. The van der Waals surface area contributed by atoms with Crippen LogP contribution in [0.4, 0.5) is 0 Å². The highest BCUT2D eigenvalue weighted by Gasteiger charge is 2.48. The highest BCUT2D eigenvalue weighted by molar-refractivity contribution is 5.91. The lowest BCUT2D eigenvalue weighted by atomic mass is 9.91. The number of tetrazole rings is 1. The summed E-state index contributed by atoms with van der Waals surface area (Å²) >= 11 is 0. The summed E-state index contributed by atoms with van der Waals surface area (Å²) in [6.07, 6.45) is 1.88. The molecule has 0 saturated heterocycles. The van der Waals surface area contributed by atoms with Crippen LogP contribution in [0.3, 0.4) is 0 Å². The molecular formula is C12H12N4O. The van der Waals surface area contributed by atoms with Gasteiger partial charge in [-0.15, -0.1) is 10.2 Å². The molecule has 1 aliphatic rings. The molecule has 1 fully saturated rings. The van der Waals surface area contributed by atoms with Crippen LogP contribution in [-0.2, 0) is 10.2 Å². The zero-order valence-electron chi connectivity index (χ0n) is 9.47. The molecule has 0 bridgehead atoms. The SMILES string of the molecule is CC(=O)C1(c2cccc(-c3nn[nH]n3)c2)CC1. The third-order valence-electron chi connectivity index (χ3n) is 3.44. The molecule has 2 aromatic rings. The fourth-order valence-corrected chi connectivity index (χ4v) is 2.21. The standard InChI is InChI=1S/C12H12N4O/c1-8(17)12(5-6-12)10-4-2-3-9(7-10)11-13-15-16-14-11/h2-4,7H,5-6H2,1H3,(H,13,14,15,16). The van der Waals surface area contributed by atoms with Crippen molar-refractivity contribution in [3.63, 3.8) is 0 Å². The van der Waals surface area contributed by atoms with E-state index in [1.807, 2.05) is 24.3 Å². The third-order valence-corrected chi connectivity index (χ3v) is 3.44. The maximum Gasteiger partial charge on any atom is 0.204 e. The summed E-state index contributed by atoms with van der Waals surface area (Å²) in [6.45, 7) is 1.66. The van der Waals surface area contributed by atoms with Gasteiger partial charge in [-0.1, -0.05) is 18.2 Å². The second-order valence-corrected chi connectivity index (χ2v) is 4.45. The summed E-state index contributed by atoms with van der Waals surface area (Å²) in [5.41, 5.74) is 1.70. The number of aromatic nitrogens is 4. The Morgan fingerprint density at radius 3 is 2.82 bits per heavy atom. The normalized spacial score (nSPS) is 16.8. The number of hydrogen-bond donors (Lipinski definition) is 1. The Morgan fingerprint density at radius 1 is 1.41 bits per heavy atom. The van der Waals surface area contributed by atoms with E-state index in [0.717, 1.165) is 24.0 Å². The molecular weight excluding hydrogens is 216 g/mol. The molecule has 0 atom stereocenters. The first-order valence-electron chi connectivity index (χ1n) is 5.58. The number of H-pyrrole nitrogens is 1. The van der Waals surface area contributed by atoms with Gasteiger partial charge >= 0.3 is 0 Å². The van der Waals surface area contributed by atoms with Crippen LogP contribution in [0.25, 0.3) is 11.4 Å². The molecule has 0 amide bonds. The van der Waals surface area contributed by atoms with Crippen molar-refractivity contribution >= 4 is 5.78 Å². The second-order valence-electron chi connectivity index (χ2n) is 4.45. The second kappa shape index (κ2) is 3.48. The minimum atomic E-state index is -0.250. The number of carbonyl (C=O) groups excluding carboxylic acids is 1. The van der Waals surface area contributed by atoms with Gasteiger partial charge in [-0.25, -0.2) is 0 Å². The number of aromatic amines is 1. The maximum atomic E-state index is 11.7. The monoisotopic (exact) mass is 228 g/mol. The van der Waals surface area contributed by atoms with E-state index in [2.05, 4.69) is 20.6 Å². The largest absolute Gasteiger partial charge is 0.299 e. The van der Waals surface area contributed by atoms with Crippen molar-refractivity contribution in [2.45, 2.75) is 25.2 Å². The summed E-state index contributed by atoms with van der Waals surface area (Å²) in [5.74, 6) is 0.800. The summed E-state index contributed by atoms with van der Waals surface area (Å²) in [6, 6.07) is 7.84.